The zero-order chi connectivity index (χ0) is 28.3. The lowest BCUT2D eigenvalue weighted by Crippen LogP contribution is -2.42. The third-order valence-corrected chi connectivity index (χ3v) is 5.88. The van der Waals surface area contributed by atoms with E-state index in [1.165, 1.54) is 25.1 Å². The number of rotatable bonds is 12. The van der Waals surface area contributed by atoms with E-state index in [-0.39, 0.29) is 17.7 Å². The quantitative estimate of drug-likeness (QED) is 0.188. The number of hydrogen-bond acceptors (Lipinski definition) is 6. The standard InChI is InChI=1S/C32H29NO7/c1-22(34)40-27-14-8-13-26(19-27)31(35)33-28(32(36)37)17-25-15-16-29(38-20-23-9-4-2-5-10-23)30(18-25)39-21-24-11-6-3-7-12-24/h2-16,18-19,28H,17,20-21H2,1H3,(H,33,35)(H,36,37)/t28-/m0/s1. The van der Waals surface area contributed by atoms with Gasteiger partial charge < -0.3 is 24.6 Å². The van der Waals surface area contributed by atoms with E-state index < -0.39 is 23.9 Å². The van der Waals surface area contributed by atoms with Gasteiger partial charge >= 0.3 is 11.9 Å². The van der Waals surface area contributed by atoms with Crippen LogP contribution in [0.4, 0.5) is 0 Å². The number of hydrogen-bond donors (Lipinski definition) is 2. The number of carbonyl (C=O) groups is 3. The SMILES string of the molecule is CC(=O)Oc1cccc(C(=O)N[C@@H](Cc2ccc(OCc3ccccc3)c(OCc3ccccc3)c2)C(=O)O)c1. The van der Waals surface area contributed by atoms with Crippen molar-refractivity contribution in [2.24, 2.45) is 0 Å². The molecule has 0 aromatic heterocycles. The third kappa shape index (κ3) is 8.19. The van der Waals surface area contributed by atoms with Gasteiger partial charge in [0.25, 0.3) is 5.91 Å². The number of nitrogens with one attached hydrogen (secondary N) is 1. The highest BCUT2D eigenvalue weighted by Gasteiger charge is 2.22. The number of aliphatic carboxylic acids is 1. The normalized spacial score (nSPS) is 11.2. The summed E-state index contributed by atoms with van der Waals surface area (Å²) >= 11 is 0. The van der Waals surface area contributed by atoms with Crippen LogP contribution < -0.4 is 19.5 Å². The Labute approximate surface area is 232 Å². The van der Waals surface area contributed by atoms with Gasteiger partial charge in [-0.05, 0) is 47.0 Å². The first-order chi connectivity index (χ1) is 19.4. The lowest BCUT2D eigenvalue weighted by molar-refractivity contribution is -0.139. The average Bonchev–Trinajstić information content (AvgIpc) is 2.96. The minimum atomic E-state index is -1.22. The molecule has 8 heteroatoms. The molecule has 1 atom stereocenters. The molecule has 0 aliphatic heterocycles. The van der Waals surface area contributed by atoms with Crippen molar-refractivity contribution in [3.63, 3.8) is 0 Å². The summed E-state index contributed by atoms with van der Waals surface area (Å²) in [5, 5.41) is 12.4. The highest BCUT2D eigenvalue weighted by Crippen LogP contribution is 2.31. The van der Waals surface area contributed by atoms with Crippen LogP contribution in [0.2, 0.25) is 0 Å². The molecule has 4 rings (SSSR count). The summed E-state index contributed by atoms with van der Waals surface area (Å²) in [4.78, 5) is 36.1. The Kier molecular flexibility index (Phi) is 9.50. The van der Waals surface area contributed by atoms with Crippen LogP contribution in [0.15, 0.2) is 103 Å². The molecule has 40 heavy (non-hydrogen) atoms. The minimum Gasteiger partial charge on any atom is -0.485 e. The summed E-state index contributed by atoms with van der Waals surface area (Å²) < 4.78 is 17.1. The fourth-order valence-electron chi connectivity index (χ4n) is 3.93. The van der Waals surface area contributed by atoms with Crippen LogP contribution in [-0.4, -0.2) is 29.0 Å². The van der Waals surface area contributed by atoms with Gasteiger partial charge in [-0.3, -0.25) is 9.59 Å². The van der Waals surface area contributed by atoms with Gasteiger partial charge in [0.2, 0.25) is 0 Å². The van der Waals surface area contributed by atoms with E-state index in [4.69, 9.17) is 14.2 Å². The van der Waals surface area contributed by atoms with Gasteiger partial charge in [0.1, 0.15) is 25.0 Å². The molecule has 0 saturated heterocycles. The molecule has 0 aliphatic rings. The monoisotopic (exact) mass is 539 g/mol. The molecule has 1 amide bonds. The summed E-state index contributed by atoms with van der Waals surface area (Å²) in [5.74, 6) is -1.16. The Hall–Kier alpha value is -5.11. The van der Waals surface area contributed by atoms with Crippen LogP contribution in [0.3, 0.4) is 0 Å². The molecule has 0 aliphatic carbocycles. The summed E-state index contributed by atoms with van der Waals surface area (Å²) in [6, 6.07) is 29.3. The van der Waals surface area contributed by atoms with Crippen molar-refractivity contribution in [3.8, 4) is 17.2 Å². The first kappa shape index (κ1) is 27.9. The Morgan fingerprint density at radius 2 is 1.35 bits per heavy atom. The van der Waals surface area contributed by atoms with Crippen LogP contribution in [0.25, 0.3) is 0 Å². The van der Waals surface area contributed by atoms with E-state index in [2.05, 4.69) is 5.32 Å². The smallest absolute Gasteiger partial charge is 0.326 e. The molecule has 0 heterocycles. The van der Waals surface area contributed by atoms with Crippen molar-refractivity contribution in [2.75, 3.05) is 0 Å². The lowest BCUT2D eigenvalue weighted by atomic mass is 10.0. The molecule has 4 aromatic rings. The van der Waals surface area contributed by atoms with E-state index in [0.717, 1.165) is 11.1 Å². The van der Waals surface area contributed by atoms with Crippen molar-refractivity contribution in [1.82, 2.24) is 5.32 Å². The fourth-order valence-corrected chi connectivity index (χ4v) is 3.93. The van der Waals surface area contributed by atoms with Crippen LogP contribution >= 0.6 is 0 Å². The Morgan fingerprint density at radius 3 is 1.95 bits per heavy atom. The molecule has 0 bridgehead atoms. The highest BCUT2D eigenvalue weighted by molar-refractivity contribution is 5.97. The molecular weight excluding hydrogens is 510 g/mol. The summed E-state index contributed by atoms with van der Waals surface area (Å²) in [6.45, 7) is 1.88. The predicted octanol–water partition coefficient (Wildman–Crippen LogP) is 5.20. The molecule has 2 N–H and O–H groups in total. The van der Waals surface area contributed by atoms with Crippen molar-refractivity contribution in [3.05, 3.63) is 125 Å². The van der Waals surface area contributed by atoms with Gasteiger partial charge in [0, 0.05) is 18.9 Å². The molecule has 0 radical (unpaired) electrons. The topological polar surface area (TPSA) is 111 Å². The second-order valence-corrected chi connectivity index (χ2v) is 9.02. The first-order valence-electron chi connectivity index (χ1n) is 12.7. The number of carboxylic acids is 1. The molecule has 0 saturated carbocycles. The Morgan fingerprint density at radius 1 is 0.725 bits per heavy atom. The first-order valence-corrected chi connectivity index (χ1v) is 12.7. The van der Waals surface area contributed by atoms with Crippen LogP contribution in [-0.2, 0) is 29.2 Å². The van der Waals surface area contributed by atoms with Crippen LogP contribution in [0.5, 0.6) is 17.2 Å². The van der Waals surface area contributed by atoms with E-state index in [1.807, 2.05) is 60.7 Å². The number of benzene rings is 4. The second kappa shape index (κ2) is 13.6. The predicted molar refractivity (Wildman–Crippen MR) is 148 cm³/mol. The molecular formula is C32H29NO7. The molecule has 4 aromatic carbocycles. The highest BCUT2D eigenvalue weighted by atomic mass is 16.5. The minimum absolute atomic E-state index is 0.00533. The van der Waals surface area contributed by atoms with Gasteiger partial charge in [-0.25, -0.2) is 4.79 Å². The number of esters is 1. The molecule has 0 spiro atoms. The van der Waals surface area contributed by atoms with Gasteiger partial charge in [0.05, 0.1) is 0 Å². The van der Waals surface area contributed by atoms with Gasteiger partial charge in [0.15, 0.2) is 11.5 Å². The van der Waals surface area contributed by atoms with Gasteiger partial charge in [-0.15, -0.1) is 0 Å². The maximum absolute atomic E-state index is 12.8. The van der Waals surface area contributed by atoms with Crippen molar-refractivity contribution >= 4 is 17.8 Å². The molecule has 0 unspecified atom stereocenters. The van der Waals surface area contributed by atoms with Crippen molar-refractivity contribution < 1.29 is 33.7 Å². The number of carbonyl (C=O) groups excluding carboxylic acids is 2. The Balaban J connectivity index is 1.51. The second-order valence-electron chi connectivity index (χ2n) is 9.02. The van der Waals surface area contributed by atoms with Crippen molar-refractivity contribution in [2.45, 2.75) is 32.6 Å². The lowest BCUT2D eigenvalue weighted by Gasteiger charge is -2.18. The molecule has 8 nitrogen and oxygen atoms in total. The van der Waals surface area contributed by atoms with E-state index in [9.17, 15) is 19.5 Å². The van der Waals surface area contributed by atoms with E-state index in [0.29, 0.717) is 30.3 Å². The van der Waals surface area contributed by atoms with Crippen LogP contribution in [0.1, 0.15) is 34.0 Å². The van der Waals surface area contributed by atoms with E-state index >= 15 is 0 Å². The summed E-state index contributed by atoms with van der Waals surface area (Å²) in [5.41, 5.74) is 2.76. The van der Waals surface area contributed by atoms with E-state index in [1.54, 1.807) is 24.3 Å². The van der Waals surface area contributed by atoms with Crippen LogP contribution in [0, 0.1) is 0 Å². The van der Waals surface area contributed by atoms with Gasteiger partial charge in [-0.2, -0.15) is 0 Å². The number of carboxylic acid groups (broad SMARTS) is 1. The average molecular weight is 540 g/mol. The maximum Gasteiger partial charge on any atom is 0.326 e. The summed E-state index contributed by atoms with van der Waals surface area (Å²) in [6.07, 6.45) is 0.00533. The molecule has 204 valence electrons. The zero-order valence-corrected chi connectivity index (χ0v) is 21.9. The summed E-state index contributed by atoms with van der Waals surface area (Å²) in [7, 11) is 0. The number of amides is 1. The maximum atomic E-state index is 12.8. The van der Waals surface area contributed by atoms with Crippen molar-refractivity contribution in [1.29, 1.82) is 0 Å². The largest absolute Gasteiger partial charge is 0.485 e. The third-order valence-electron chi connectivity index (χ3n) is 5.88. The number of ether oxygens (including phenoxy) is 3. The molecule has 0 fully saturated rings. The Bertz CT molecular complexity index is 1450. The fraction of sp³-hybridized carbons (Fsp3) is 0.156. The van der Waals surface area contributed by atoms with Gasteiger partial charge in [-0.1, -0.05) is 72.8 Å². The zero-order valence-electron chi connectivity index (χ0n) is 21.9.